The van der Waals surface area contributed by atoms with Gasteiger partial charge in [-0.3, -0.25) is 0 Å². The molecule has 0 unspecified atom stereocenters. The molecule has 3 heteroatoms. The van der Waals surface area contributed by atoms with Gasteiger partial charge >= 0.3 is 0 Å². The van der Waals surface area contributed by atoms with Crippen molar-refractivity contribution in [2.45, 2.75) is 46.8 Å². The second kappa shape index (κ2) is 6.58. The summed E-state index contributed by atoms with van der Waals surface area (Å²) >= 11 is 0. The molecule has 1 rings (SSSR count). The Morgan fingerprint density at radius 3 is 2.26 bits per heavy atom. The Kier molecular flexibility index (Phi) is 5.38. The summed E-state index contributed by atoms with van der Waals surface area (Å²) in [4.78, 5) is 2.26. The van der Waals surface area contributed by atoms with Crippen LogP contribution in [0.4, 0.5) is 5.69 Å². The van der Waals surface area contributed by atoms with E-state index in [9.17, 15) is 5.11 Å². The Balaban J connectivity index is 3.29. The number of nitrogens with zero attached hydrogens (tertiary/aromatic N) is 2. The number of aliphatic hydroxyl groups excluding tert-OH is 1. The molecule has 0 aliphatic carbocycles. The minimum atomic E-state index is -0.531. The highest BCUT2D eigenvalue weighted by Gasteiger charge is 2.18. The summed E-state index contributed by atoms with van der Waals surface area (Å²) in [5.41, 5.74) is 2.49. The van der Waals surface area contributed by atoms with Gasteiger partial charge in [-0.25, -0.2) is 0 Å². The number of anilines is 1. The van der Waals surface area contributed by atoms with Gasteiger partial charge in [0.25, 0.3) is 0 Å². The minimum Gasteiger partial charge on any atom is -0.389 e. The van der Waals surface area contributed by atoms with Gasteiger partial charge in [0, 0.05) is 23.8 Å². The van der Waals surface area contributed by atoms with Crippen molar-refractivity contribution in [3.05, 3.63) is 29.3 Å². The largest absolute Gasteiger partial charge is 0.389 e. The van der Waals surface area contributed by atoms with E-state index < -0.39 is 6.10 Å². The first kappa shape index (κ1) is 15.5. The maximum Gasteiger partial charge on any atom is 0.0992 e. The SMILES string of the molecule is CC(C)CN(c1cc(C#N)ccc1[C@H](C)O)C(C)C. The van der Waals surface area contributed by atoms with Crippen LogP contribution < -0.4 is 4.90 Å². The molecule has 3 nitrogen and oxygen atoms in total. The zero-order chi connectivity index (χ0) is 14.6. The summed E-state index contributed by atoms with van der Waals surface area (Å²) in [6.45, 7) is 11.3. The lowest BCUT2D eigenvalue weighted by molar-refractivity contribution is 0.199. The van der Waals surface area contributed by atoms with Crippen LogP contribution in [0.3, 0.4) is 0 Å². The molecule has 1 aromatic carbocycles. The van der Waals surface area contributed by atoms with Crippen molar-refractivity contribution >= 4 is 5.69 Å². The lowest BCUT2D eigenvalue weighted by atomic mass is 10.0. The van der Waals surface area contributed by atoms with Crippen molar-refractivity contribution in [1.82, 2.24) is 0 Å². The van der Waals surface area contributed by atoms with Crippen LogP contribution in [0.25, 0.3) is 0 Å². The molecule has 0 fully saturated rings. The van der Waals surface area contributed by atoms with Crippen LogP contribution in [0.1, 0.15) is 51.8 Å². The van der Waals surface area contributed by atoms with Crippen molar-refractivity contribution < 1.29 is 5.11 Å². The van der Waals surface area contributed by atoms with Crippen molar-refractivity contribution in [2.24, 2.45) is 5.92 Å². The first-order chi connectivity index (χ1) is 8.86. The Labute approximate surface area is 116 Å². The van der Waals surface area contributed by atoms with E-state index >= 15 is 0 Å². The van der Waals surface area contributed by atoms with Crippen LogP contribution in [0.15, 0.2) is 18.2 Å². The molecule has 0 heterocycles. The van der Waals surface area contributed by atoms with Gasteiger partial charge in [-0.15, -0.1) is 0 Å². The monoisotopic (exact) mass is 260 g/mol. The van der Waals surface area contributed by atoms with E-state index in [0.717, 1.165) is 17.8 Å². The predicted octanol–water partition coefficient (Wildman–Crippen LogP) is 3.48. The highest BCUT2D eigenvalue weighted by atomic mass is 16.3. The van der Waals surface area contributed by atoms with Crippen molar-refractivity contribution in [1.29, 1.82) is 5.26 Å². The van der Waals surface area contributed by atoms with Gasteiger partial charge in [-0.2, -0.15) is 5.26 Å². The second-order valence-electron chi connectivity index (χ2n) is 5.70. The van der Waals surface area contributed by atoms with Crippen LogP contribution in [-0.4, -0.2) is 17.7 Å². The number of nitriles is 1. The summed E-state index contributed by atoms with van der Waals surface area (Å²) < 4.78 is 0. The molecule has 0 saturated heterocycles. The van der Waals surface area contributed by atoms with Crippen LogP contribution in [0.2, 0.25) is 0 Å². The number of aliphatic hydroxyl groups is 1. The molecule has 0 radical (unpaired) electrons. The lowest BCUT2D eigenvalue weighted by Gasteiger charge is -2.33. The molecule has 0 bridgehead atoms. The van der Waals surface area contributed by atoms with E-state index in [1.165, 1.54) is 0 Å². The van der Waals surface area contributed by atoms with E-state index in [2.05, 4.69) is 38.7 Å². The predicted molar refractivity (Wildman–Crippen MR) is 79.1 cm³/mol. The molecule has 0 aliphatic heterocycles. The molecular weight excluding hydrogens is 236 g/mol. The standard InChI is InChI=1S/C16H24N2O/c1-11(2)10-18(12(3)4)16-8-14(9-17)6-7-15(16)13(5)19/h6-8,11-13,19H,10H2,1-5H3/t13-/m0/s1. The van der Waals surface area contributed by atoms with Gasteiger partial charge in [0.2, 0.25) is 0 Å². The van der Waals surface area contributed by atoms with Gasteiger partial charge < -0.3 is 10.0 Å². The fourth-order valence-electron chi connectivity index (χ4n) is 2.20. The molecule has 0 amide bonds. The Hall–Kier alpha value is -1.53. The fourth-order valence-corrected chi connectivity index (χ4v) is 2.20. The van der Waals surface area contributed by atoms with E-state index in [0.29, 0.717) is 17.5 Å². The van der Waals surface area contributed by atoms with Gasteiger partial charge in [-0.05, 0) is 38.8 Å². The fraction of sp³-hybridized carbons (Fsp3) is 0.562. The molecule has 1 atom stereocenters. The van der Waals surface area contributed by atoms with E-state index in [1.54, 1.807) is 13.0 Å². The van der Waals surface area contributed by atoms with Crippen molar-refractivity contribution in [2.75, 3.05) is 11.4 Å². The van der Waals surface area contributed by atoms with Gasteiger partial charge in [0.15, 0.2) is 0 Å². The third-order valence-electron chi connectivity index (χ3n) is 3.10. The molecule has 1 aromatic rings. The van der Waals surface area contributed by atoms with E-state index in [1.807, 2.05) is 12.1 Å². The van der Waals surface area contributed by atoms with E-state index in [-0.39, 0.29) is 0 Å². The third-order valence-corrected chi connectivity index (χ3v) is 3.10. The minimum absolute atomic E-state index is 0.328. The lowest BCUT2D eigenvalue weighted by Crippen LogP contribution is -2.35. The quantitative estimate of drug-likeness (QED) is 0.881. The second-order valence-corrected chi connectivity index (χ2v) is 5.70. The summed E-state index contributed by atoms with van der Waals surface area (Å²) in [5, 5.41) is 19.0. The third kappa shape index (κ3) is 3.97. The maximum atomic E-state index is 9.92. The van der Waals surface area contributed by atoms with Crippen LogP contribution >= 0.6 is 0 Å². The average molecular weight is 260 g/mol. The van der Waals surface area contributed by atoms with Gasteiger partial charge in [0.05, 0.1) is 17.7 Å². The highest BCUT2D eigenvalue weighted by molar-refractivity contribution is 5.59. The molecule has 0 saturated carbocycles. The Bertz CT molecular complexity index is 458. The first-order valence-corrected chi connectivity index (χ1v) is 6.85. The topological polar surface area (TPSA) is 47.3 Å². The average Bonchev–Trinajstić information content (AvgIpc) is 2.34. The highest BCUT2D eigenvalue weighted by Crippen LogP contribution is 2.29. The number of rotatable bonds is 5. The normalized spacial score (nSPS) is 12.6. The summed E-state index contributed by atoms with van der Waals surface area (Å²) in [7, 11) is 0. The summed E-state index contributed by atoms with van der Waals surface area (Å²) in [6, 6.07) is 8.00. The first-order valence-electron chi connectivity index (χ1n) is 6.85. The smallest absolute Gasteiger partial charge is 0.0992 e. The zero-order valence-corrected chi connectivity index (χ0v) is 12.5. The number of benzene rings is 1. The van der Waals surface area contributed by atoms with Crippen molar-refractivity contribution in [3.8, 4) is 6.07 Å². The van der Waals surface area contributed by atoms with Gasteiger partial charge in [0.1, 0.15) is 0 Å². The van der Waals surface area contributed by atoms with Crippen LogP contribution in [0.5, 0.6) is 0 Å². The van der Waals surface area contributed by atoms with E-state index in [4.69, 9.17) is 5.26 Å². The summed E-state index contributed by atoms with van der Waals surface area (Å²) in [6.07, 6.45) is -0.531. The number of hydrogen-bond donors (Lipinski definition) is 1. The molecule has 0 aromatic heterocycles. The van der Waals surface area contributed by atoms with Gasteiger partial charge in [-0.1, -0.05) is 19.9 Å². The number of hydrogen-bond acceptors (Lipinski definition) is 3. The molecular formula is C16H24N2O. The van der Waals surface area contributed by atoms with Crippen LogP contribution in [-0.2, 0) is 0 Å². The maximum absolute atomic E-state index is 9.92. The zero-order valence-electron chi connectivity index (χ0n) is 12.5. The van der Waals surface area contributed by atoms with Crippen molar-refractivity contribution in [3.63, 3.8) is 0 Å². The Morgan fingerprint density at radius 2 is 1.84 bits per heavy atom. The molecule has 104 valence electrons. The summed E-state index contributed by atoms with van der Waals surface area (Å²) in [5.74, 6) is 0.523. The molecule has 0 aliphatic rings. The molecule has 1 N–H and O–H groups in total. The molecule has 0 spiro atoms. The molecule has 19 heavy (non-hydrogen) atoms. The Morgan fingerprint density at radius 1 is 1.21 bits per heavy atom. The van der Waals surface area contributed by atoms with Crippen LogP contribution in [0, 0.1) is 17.2 Å².